The topological polar surface area (TPSA) is 50.7 Å². The number of hydrogen-bond acceptors (Lipinski definition) is 3. The van der Waals surface area contributed by atoms with Crippen LogP contribution in [0, 0.1) is 0 Å². The number of benzene rings is 2. The summed E-state index contributed by atoms with van der Waals surface area (Å²) in [5.74, 6) is 0. The first-order valence-corrected chi connectivity index (χ1v) is 6.47. The van der Waals surface area contributed by atoms with Crippen LogP contribution in [0.3, 0.4) is 0 Å². The molecule has 0 fully saturated rings. The molecule has 2 rings (SSSR count). The highest BCUT2D eigenvalue weighted by Crippen LogP contribution is 2.34. The minimum absolute atomic E-state index is 0.577. The van der Waals surface area contributed by atoms with E-state index in [1.165, 1.54) is 0 Å². The fourth-order valence-electron chi connectivity index (χ4n) is 1.26. The summed E-state index contributed by atoms with van der Waals surface area (Å²) >= 11 is 6.75. The standard InChI is InChI=1S/C12H9Br2N3/c13-8-6-10(14)12(15)11(7-8)17-16-9-4-2-1-3-5-9/h1-7H,15H2. The molecule has 0 aliphatic heterocycles. The molecule has 0 aliphatic carbocycles. The molecule has 0 radical (unpaired) electrons. The van der Waals surface area contributed by atoms with Gasteiger partial charge in [0.1, 0.15) is 5.69 Å². The van der Waals surface area contributed by atoms with Crippen LogP contribution in [-0.4, -0.2) is 0 Å². The van der Waals surface area contributed by atoms with Crippen LogP contribution in [0.4, 0.5) is 17.1 Å². The van der Waals surface area contributed by atoms with Gasteiger partial charge < -0.3 is 5.73 Å². The van der Waals surface area contributed by atoms with Crippen molar-refractivity contribution in [2.24, 2.45) is 10.2 Å². The molecular formula is C12H9Br2N3. The fourth-order valence-corrected chi connectivity index (χ4v) is 2.46. The largest absolute Gasteiger partial charge is 0.396 e. The van der Waals surface area contributed by atoms with Gasteiger partial charge in [0.2, 0.25) is 0 Å². The second kappa shape index (κ2) is 5.42. The molecule has 2 aromatic carbocycles. The summed E-state index contributed by atoms with van der Waals surface area (Å²) in [4.78, 5) is 0. The van der Waals surface area contributed by atoms with Crippen LogP contribution >= 0.6 is 31.9 Å². The summed E-state index contributed by atoms with van der Waals surface area (Å²) in [7, 11) is 0. The average Bonchev–Trinajstić information content (AvgIpc) is 2.33. The monoisotopic (exact) mass is 353 g/mol. The number of nitrogens with zero attached hydrogens (tertiary/aromatic N) is 2. The van der Waals surface area contributed by atoms with Gasteiger partial charge in [-0.05, 0) is 40.2 Å². The Kier molecular flexibility index (Phi) is 3.91. The lowest BCUT2D eigenvalue weighted by Crippen LogP contribution is -1.86. The SMILES string of the molecule is Nc1c(Br)cc(Br)cc1N=Nc1ccccc1. The zero-order chi connectivity index (χ0) is 12.3. The molecule has 2 N–H and O–H groups in total. The number of azo groups is 1. The van der Waals surface area contributed by atoms with Gasteiger partial charge in [0.25, 0.3) is 0 Å². The van der Waals surface area contributed by atoms with Crippen molar-refractivity contribution in [2.45, 2.75) is 0 Å². The normalized spacial score (nSPS) is 10.9. The third-order valence-corrected chi connectivity index (χ3v) is 3.22. The van der Waals surface area contributed by atoms with Crippen LogP contribution in [0.15, 0.2) is 61.6 Å². The Morgan fingerprint density at radius 1 is 0.941 bits per heavy atom. The molecule has 0 unspecified atom stereocenters. The maximum absolute atomic E-state index is 5.89. The van der Waals surface area contributed by atoms with Crippen molar-refractivity contribution in [3.63, 3.8) is 0 Å². The number of hydrogen-bond donors (Lipinski definition) is 1. The van der Waals surface area contributed by atoms with E-state index in [2.05, 4.69) is 42.1 Å². The molecule has 0 amide bonds. The lowest BCUT2D eigenvalue weighted by Gasteiger charge is -2.02. The van der Waals surface area contributed by atoms with Crippen molar-refractivity contribution in [1.29, 1.82) is 0 Å². The fraction of sp³-hybridized carbons (Fsp3) is 0. The predicted octanol–water partition coefficient (Wildman–Crippen LogP) is 5.21. The van der Waals surface area contributed by atoms with Gasteiger partial charge in [-0.2, -0.15) is 5.11 Å². The lowest BCUT2D eigenvalue weighted by atomic mass is 10.3. The Balaban J connectivity index is 2.33. The third kappa shape index (κ3) is 3.14. The highest BCUT2D eigenvalue weighted by Gasteiger charge is 2.04. The van der Waals surface area contributed by atoms with Crippen LogP contribution in [0.25, 0.3) is 0 Å². The van der Waals surface area contributed by atoms with E-state index in [0.717, 1.165) is 14.6 Å². The number of nitrogens with two attached hydrogens (primary N) is 1. The summed E-state index contributed by atoms with van der Waals surface area (Å²) < 4.78 is 1.70. The summed E-state index contributed by atoms with van der Waals surface area (Å²) in [5.41, 5.74) is 7.90. The second-order valence-electron chi connectivity index (χ2n) is 3.36. The van der Waals surface area contributed by atoms with E-state index in [1.807, 2.05) is 42.5 Å². The molecule has 0 spiro atoms. The Labute approximate surface area is 116 Å². The van der Waals surface area contributed by atoms with Crippen LogP contribution in [0.1, 0.15) is 0 Å². The quantitative estimate of drug-likeness (QED) is 0.584. The van der Waals surface area contributed by atoms with E-state index < -0.39 is 0 Å². The molecule has 0 saturated heterocycles. The second-order valence-corrected chi connectivity index (χ2v) is 5.13. The van der Waals surface area contributed by atoms with Crippen molar-refractivity contribution < 1.29 is 0 Å². The number of anilines is 1. The Bertz CT molecular complexity index is 553. The molecular weight excluding hydrogens is 346 g/mol. The third-order valence-electron chi connectivity index (χ3n) is 2.10. The molecule has 2 aromatic rings. The van der Waals surface area contributed by atoms with Gasteiger partial charge in [-0.1, -0.05) is 34.1 Å². The van der Waals surface area contributed by atoms with Crippen molar-refractivity contribution in [2.75, 3.05) is 5.73 Å². The molecule has 5 heteroatoms. The molecule has 0 aliphatic rings. The average molecular weight is 355 g/mol. The van der Waals surface area contributed by atoms with Crippen molar-refractivity contribution in [3.8, 4) is 0 Å². The first-order chi connectivity index (χ1) is 8.16. The van der Waals surface area contributed by atoms with Gasteiger partial charge in [0.05, 0.1) is 11.4 Å². The zero-order valence-corrected chi connectivity index (χ0v) is 11.9. The molecule has 86 valence electrons. The van der Waals surface area contributed by atoms with Crippen LogP contribution in [0.2, 0.25) is 0 Å². The number of rotatable bonds is 2. The van der Waals surface area contributed by atoms with Crippen molar-refractivity contribution in [3.05, 3.63) is 51.4 Å². The van der Waals surface area contributed by atoms with Crippen LogP contribution in [0.5, 0.6) is 0 Å². The Morgan fingerprint density at radius 3 is 2.35 bits per heavy atom. The van der Waals surface area contributed by atoms with Crippen molar-refractivity contribution in [1.82, 2.24) is 0 Å². The van der Waals surface area contributed by atoms with Crippen LogP contribution in [-0.2, 0) is 0 Å². The van der Waals surface area contributed by atoms with E-state index in [4.69, 9.17) is 5.73 Å². The lowest BCUT2D eigenvalue weighted by molar-refractivity contribution is 1.23. The highest BCUT2D eigenvalue weighted by molar-refractivity contribution is 9.11. The molecule has 0 bridgehead atoms. The van der Waals surface area contributed by atoms with E-state index in [9.17, 15) is 0 Å². The van der Waals surface area contributed by atoms with Gasteiger partial charge in [-0.15, -0.1) is 5.11 Å². The van der Waals surface area contributed by atoms with Crippen LogP contribution < -0.4 is 5.73 Å². The molecule has 0 atom stereocenters. The summed E-state index contributed by atoms with van der Waals surface area (Å²) in [6.45, 7) is 0. The maximum atomic E-state index is 5.89. The summed E-state index contributed by atoms with van der Waals surface area (Å²) in [5, 5.41) is 8.26. The van der Waals surface area contributed by atoms with Gasteiger partial charge in [-0.25, -0.2) is 0 Å². The zero-order valence-electron chi connectivity index (χ0n) is 8.77. The highest BCUT2D eigenvalue weighted by atomic mass is 79.9. The summed E-state index contributed by atoms with van der Waals surface area (Å²) in [6, 6.07) is 13.2. The summed E-state index contributed by atoms with van der Waals surface area (Å²) in [6.07, 6.45) is 0. The number of halogens is 2. The maximum Gasteiger partial charge on any atom is 0.111 e. The molecule has 3 nitrogen and oxygen atoms in total. The predicted molar refractivity (Wildman–Crippen MR) is 76.9 cm³/mol. The minimum atomic E-state index is 0.577. The van der Waals surface area contributed by atoms with E-state index in [0.29, 0.717) is 11.4 Å². The van der Waals surface area contributed by atoms with Gasteiger partial charge >= 0.3 is 0 Å². The molecule has 17 heavy (non-hydrogen) atoms. The van der Waals surface area contributed by atoms with Gasteiger partial charge in [0, 0.05) is 8.95 Å². The molecule has 0 aromatic heterocycles. The van der Waals surface area contributed by atoms with E-state index in [-0.39, 0.29) is 0 Å². The number of nitrogen functional groups attached to an aromatic ring is 1. The molecule has 0 heterocycles. The Morgan fingerprint density at radius 2 is 1.65 bits per heavy atom. The smallest absolute Gasteiger partial charge is 0.111 e. The van der Waals surface area contributed by atoms with E-state index >= 15 is 0 Å². The van der Waals surface area contributed by atoms with Gasteiger partial charge in [0.15, 0.2) is 0 Å². The first kappa shape index (κ1) is 12.3. The van der Waals surface area contributed by atoms with Gasteiger partial charge in [-0.3, -0.25) is 0 Å². The molecule has 0 saturated carbocycles. The van der Waals surface area contributed by atoms with Crippen molar-refractivity contribution >= 4 is 48.9 Å². The van der Waals surface area contributed by atoms with E-state index in [1.54, 1.807) is 0 Å². The minimum Gasteiger partial charge on any atom is -0.396 e. The Hall–Kier alpha value is -1.20. The first-order valence-electron chi connectivity index (χ1n) is 4.88.